The van der Waals surface area contributed by atoms with Crippen molar-refractivity contribution in [3.8, 4) is 23.7 Å². The molecular weight excluding hydrogens is 336 g/mol. The molecule has 28 heavy (non-hydrogen) atoms. The Balaban J connectivity index is 1.57. The maximum atomic E-state index is 3.33. The van der Waals surface area contributed by atoms with E-state index in [2.05, 4.69) is 86.1 Å². The predicted molar refractivity (Wildman–Crippen MR) is 118 cm³/mol. The summed E-state index contributed by atoms with van der Waals surface area (Å²) in [7, 11) is 0. The molecule has 0 heteroatoms. The monoisotopic (exact) mass is 356 g/mol. The van der Waals surface area contributed by atoms with E-state index in [1.54, 1.807) is 0 Å². The van der Waals surface area contributed by atoms with E-state index < -0.39 is 0 Å². The minimum Gasteiger partial charge on any atom is -0.0617 e. The van der Waals surface area contributed by atoms with E-state index >= 15 is 0 Å². The quantitative estimate of drug-likeness (QED) is 0.326. The van der Waals surface area contributed by atoms with Crippen LogP contribution in [0.4, 0.5) is 0 Å². The fraction of sp³-hybridized carbons (Fsp3) is 0.0714. The number of fused-ring (bicyclic) bond motifs is 1. The third kappa shape index (κ3) is 3.98. The van der Waals surface area contributed by atoms with Gasteiger partial charge in [0.05, 0.1) is 0 Å². The molecule has 0 fully saturated rings. The number of hydrogen-bond donors (Lipinski definition) is 0. The Bertz CT molecular complexity index is 1250. The minimum absolute atomic E-state index is 0.991. The van der Waals surface area contributed by atoms with E-state index in [1.807, 2.05) is 36.4 Å². The van der Waals surface area contributed by atoms with Crippen LogP contribution in [0.1, 0.15) is 33.4 Å². The highest BCUT2D eigenvalue weighted by molar-refractivity contribution is 5.90. The highest BCUT2D eigenvalue weighted by Crippen LogP contribution is 2.21. The average molecular weight is 356 g/mol. The van der Waals surface area contributed by atoms with Gasteiger partial charge in [-0.2, -0.15) is 0 Å². The van der Waals surface area contributed by atoms with Gasteiger partial charge >= 0.3 is 0 Å². The topological polar surface area (TPSA) is 0 Å². The van der Waals surface area contributed by atoms with E-state index in [4.69, 9.17) is 0 Å². The smallest absolute Gasteiger partial charge is 0.0327 e. The molecule has 0 saturated carbocycles. The second-order valence-corrected chi connectivity index (χ2v) is 6.92. The van der Waals surface area contributed by atoms with Crippen LogP contribution < -0.4 is 0 Å². The molecule has 0 radical (unpaired) electrons. The molecule has 0 unspecified atom stereocenters. The summed E-state index contributed by atoms with van der Waals surface area (Å²) in [6.45, 7) is 4.21. The SMILES string of the molecule is Cc1ccc(C#Cc2ccc(C#Cc3ccc(C)c4ccccc34)cc2)cc1. The first-order valence-electron chi connectivity index (χ1n) is 9.38. The fourth-order valence-corrected chi connectivity index (χ4v) is 3.12. The van der Waals surface area contributed by atoms with E-state index in [1.165, 1.54) is 21.9 Å². The van der Waals surface area contributed by atoms with Crippen LogP contribution in [-0.4, -0.2) is 0 Å². The molecule has 0 N–H and O–H groups in total. The lowest BCUT2D eigenvalue weighted by Crippen LogP contribution is -1.84. The third-order valence-electron chi connectivity index (χ3n) is 4.77. The summed E-state index contributed by atoms with van der Waals surface area (Å²) < 4.78 is 0. The molecule has 0 nitrogen and oxygen atoms in total. The average Bonchev–Trinajstić information content (AvgIpc) is 2.74. The molecule has 0 spiro atoms. The van der Waals surface area contributed by atoms with Crippen molar-refractivity contribution in [3.05, 3.63) is 118 Å². The standard InChI is InChI=1S/C28H20/c1-21-7-10-23(11-8-21)12-13-24-14-16-25(17-15-24)18-20-26-19-9-22(2)27-5-3-4-6-28(26)27/h3-11,14-17,19H,1-2H3. The molecule has 4 rings (SSSR count). The maximum Gasteiger partial charge on any atom is 0.0327 e. The molecule has 0 aliphatic heterocycles. The lowest BCUT2D eigenvalue weighted by atomic mass is 10.0. The largest absolute Gasteiger partial charge is 0.0617 e. The molecule has 0 aliphatic carbocycles. The van der Waals surface area contributed by atoms with Crippen molar-refractivity contribution in [2.24, 2.45) is 0 Å². The minimum atomic E-state index is 0.991. The summed E-state index contributed by atoms with van der Waals surface area (Å²) in [6, 6.07) is 29.0. The van der Waals surface area contributed by atoms with Crippen LogP contribution in [0.2, 0.25) is 0 Å². The van der Waals surface area contributed by atoms with Crippen LogP contribution in [-0.2, 0) is 0 Å². The molecular formula is C28H20. The Labute approximate surface area is 166 Å². The van der Waals surface area contributed by atoms with Crippen LogP contribution in [0.3, 0.4) is 0 Å². The van der Waals surface area contributed by atoms with E-state index in [-0.39, 0.29) is 0 Å². The first-order valence-corrected chi connectivity index (χ1v) is 9.38. The molecule has 0 aliphatic rings. The zero-order valence-electron chi connectivity index (χ0n) is 16.1. The van der Waals surface area contributed by atoms with E-state index in [9.17, 15) is 0 Å². The summed E-state index contributed by atoms with van der Waals surface area (Å²) >= 11 is 0. The van der Waals surface area contributed by atoms with Crippen LogP contribution in [0.25, 0.3) is 10.8 Å². The van der Waals surface area contributed by atoms with Crippen molar-refractivity contribution in [2.45, 2.75) is 13.8 Å². The molecule has 4 aromatic carbocycles. The van der Waals surface area contributed by atoms with Crippen molar-refractivity contribution in [1.29, 1.82) is 0 Å². The Morgan fingerprint density at radius 3 is 1.57 bits per heavy atom. The summed E-state index contributed by atoms with van der Waals surface area (Å²) in [4.78, 5) is 0. The predicted octanol–water partition coefficient (Wildman–Crippen LogP) is 6.26. The van der Waals surface area contributed by atoms with Crippen LogP contribution in [0.5, 0.6) is 0 Å². The Morgan fingerprint density at radius 1 is 0.464 bits per heavy atom. The van der Waals surface area contributed by atoms with Crippen molar-refractivity contribution >= 4 is 10.8 Å². The first kappa shape index (κ1) is 17.7. The Kier molecular flexibility index (Phi) is 4.97. The highest BCUT2D eigenvalue weighted by Gasteiger charge is 2.00. The molecule has 0 amide bonds. The van der Waals surface area contributed by atoms with Gasteiger partial charge in [0.25, 0.3) is 0 Å². The summed E-state index contributed by atoms with van der Waals surface area (Å²) in [5, 5.41) is 2.46. The van der Waals surface area contributed by atoms with Crippen LogP contribution >= 0.6 is 0 Å². The number of hydrogen-bond acceptors (Lipinski definition) is 0. The third-order valence-corrected chi connectivity index (χ3v) is 4.77. The summed E-state index contributed by atoms with van der Waals surface area (Å²) in [5.74, 6) is 13.0. The zero-order valence-corrected chi connectivity index (χ0v) is 16.1. The van der Waals surface area contributed by atoms with Crippen molar-refractivity contribution in [2.75, 3.05) is 0 Å². The molecule has 0 atom stereocenters. The maximum absolute atomic E-state index is 3.33. The molecule has 0 saturated heterocycles. The number of aryl methyl sites for hydroxylation is 2. The number of benzene rings is 4. The molecule has 0 aromatic heterocycles. The van der Waals surface area contributed by atoms with Crippen LogP contribution in [0.15, 0.2) is 84.9 Å². The van der Waals surface area contributed by atoms with Crippen molar-refractivity contribution in [3.63, 3.8) is 0 Å². The second-order valence-electron chi connectivity index (χ2n) is 6.92. The first-order chi connectivity index (χ1) is 13.7. The van der Waals surface area contributed by atoms with Gasteiger partial charge in [0, 0.05) is 22.3 Å². The number of rotatable bonds is 0. The van der Waals surface area contributed by atoms with Gasteiger partial charge in [0.15, 0.2) is 0 Å². The Morgan fingerprint density at radius 2 is 0.964 bits per heavy atom. The summed E-state index contributed by atoms with van der Waals surface area (Å²) in [5.41, 5.74) is 6.59. The van der Waals surface area contributed by atoms with Gasteiger partial charge in [0.1, 0.15) is 0 Å². The van der Waals surface area contributed by atoms with Gasteiger partial charge in [-0.15, -0.1) is 0 Å². The molecule has 132 valence electrons. The van der Waals surface area contributed by atoms with Crippen molar-refractivity contribution < 1.29 is 0 Å². The fourth-order valence-electron chi connectivity index (χ4n) is 3.12. The Hall–Kier alpha value is -3.74. The zero-order chi connectivity index (χ0) is 19.3. The molecule has 4 aromatic rings. The van der Waals surface area contributed by atoms with Crippen molar-refractivity contribution in [1.82, 2.24) is 0 Å². The molecule has 0 heterocycles. The summed E-state index contributed by atoms with van der Waals surface area (Å²) in [6.07, 6.45) is 0. The van der Waals surface area contributed by atoms with Gasteiger partial charge in [-0.25, -0.2) is 0 Å². The van der Waals surface area contributed by atoms with E-state index in [0.29, 0.717) is 0 Å². The second kappa shape index (κ2) is 7.87. The molecule has 0 bridgehead atoms. The lowest BCUT2D eigenvalue weighted by Gasteiger charge is -2.03. The van der Waals surface area contributed by atoms with Gasteiger partial charge < -0.3 is 0 Å². The van der Waals surface area contributed by atoms with Gasteiger partial charge in [0.2, 0.25) is 0 Å². The normalized spacial score (nSPS) is 9.93. The highest BCUT2D eigenvalue weighted by atomic mass is 14.0. The van der Waals surface area contributed by atoms with Crippen LogP contribution in [0, 0.1) is 37.5 Å². The van der Waals surface area contributed by atoms with Gasteiger partial charge in [-0.1, -0.05) is 71.7 Å². The van der Waals surface area contributed by atoms with Gasteiger partial charge in [-0.05, 0) is 72.6 Å². The lowest BCUT2D eigenvalue weighted by molar-refractivity contribution is 1.46. The van der Waals surface area contributed by atoms with Gasteiger partial charge in [-0.3, -0.25) is 0 Å². The van der Waals surface area contributed by atoms with E-state index in [0.717, 1.165) is 22.3 Å².